The number of piperidine rings is 1. The second kappa shape index (κ2) is 7.51. The zero-order valence-corrected chi connectivity index (χ0v) is 15.7. The number of hydrogen-bond acceptors (Lipinski definition) is 4. The highest BCUT2D eigenvalue weighted by Crippen LogP contribution is 2.31. The van der Waals surface area contributed by atoms with E-state index >= 15 is 0 Å². The molecule has 0 saturated carbocycles. The van der Waals surface area contributed by atoms with E-state index in [4.69, 9.17) is 22.1 Å². The Morgan fingerprint density at radius 3 is 2.54 bits per heavy atom. The second-order valence-electron chi connectivity index (χ2n) is 7.46. The van der Waals surface area contributed by atoms with Crippen LogP contribution < -0.4 is 16.0 Å². The van der Waals surface area contributed by atoms with Crippen molar-refractivity contribution in [3.05, 3.63) is 23.2 Å². The second-order valence-corrected chi connectivity index (χ2v) is 7.90. The highest BCUT2D eigenvalue weighted by Gasteiger charge is 2.27. The molecule has 1 atom stereocenters. The Balaban J connectivity index is 1.87. The molecule has 1 aliphatic heterocycles. The molecule has 1 aromatic carbocycles. The number of carbonyl (C=O) groups is 1. The number of ether oxygens (including phenoxy) is 1. The van der Waals surface area contributed by atoms with Gasteiger partial charge in [0.2, 0.25) is 0 Å². The Morgan fingerprint density at radius 2 is 2.00 bits per heavy atom. The van der Waals surface area contributed by atoms with Gasteiger partial charge in [-0.3, -0.25) is 0 Å². The van der Waals surface area contributed by atoms with Crippen LogP contribution in [0.15, 0.2) is 18.2 Å². The average Bonchev–Trinajstić information content (AvgIpc) is 2.45. The van der Waals surface area contributed by atoms with E-state index in [0.29, 0.717) is 16.6 Å². The maximum absolute atomic E-state index is 11.9. The van der Waals surface area contributed by atoms with Crippen LogP contribution in [-0.2, 0) is 4.74 Å². The number of nitrogen functional groups attached to an aromatic ring is 1. The molecule has 1 amide bonds. The van der Waals surface area contributed by atoms with Crippen molar-refractivity contribution < 1.29 is 9.53 Å². The van der Waals surface area contributed by atoms with Gasteiger partial charge in [-0.2, -0.15) is 0 Å². The van der Waals surface area contributed by atoms with Gasteiger partial charge in [-0.15, -0.1) is 0 Å². The summed E-state index contributed by atoms with van der Waals surface area (Å²) in [6.07, 6.45) is 1.65. The SMILES string of the molecule is C[C@@H](NC(=O)OC(C)(C)C)C1CCN(c2ccc(Cl)cc2N)CC1. The number of nitrogens with one attached hydrogen (secondary N) is 1. The van der Waals surface area contributed by atoms with Crippen LogP contribution in [0.4, 0.5) is 16.2 Å². The van der Waals surface area contributed by atoms with Crippen molar-refractivity contribution in [2.24, 2.45) is 5.92 Å². The third-order valence-electron chi connectivity index (χ3n) is 4.32. The number of anilines is 2. The Morgan fingerprint density at radius 1 is 1.38 bits per heavy atom. The van der Waals surface area contributed by atoms with E-state index in [0.717, 1.165) is 31.6 Å². The van der Waals surface area contributed by atoms with E-state index in [1.165, 1.54) is 0 Å². The Kier molecular flexibility index (Phi) is 5.86. The summed E-state index contributed by atoms with van der Waals surface area (Å²) in [5, 5.41) is 3.61. The standard InChI is InChI=1S/C18H28ClN3O2/c1-12(21-17(23)24-18(2,3)4)13-7-9-22(10-8-13)16-6-5-14(19)11-15(16)20/h5-6,11-13H,7-10,20H2,1-4H3,(H,21,23)/t12-/m1/s1. The first-order valence-electron chi connectivity index (χ1n) is 8.45. The maximum atomic E-state index is 11.9. The molecule has 24 heavy (non-hydrogen) atoms. The molecule has 1 aromatic rings. The lowest BCUT2D eigenvalue weighted by Gasteiger charge is -2.37. The van der Waals surface area contributed by atoms with Gasteiger partial charge in [-0.05, 0) is 64.7 Å². The summed E-state index contributed by atoms with van der Waals surface area (Å²) in [4.78, 5) is 14.2. The normalized spacial score (nSPS) is 17.5. The Bertz CT molecular complexity index is 578. The molecule has 6 heteroatoms. The molecule has 0 unspecified atom stereocenters. The summed E-state index contributed by atoms with van der Waals surface area (Å²) in [5.74, 6) is 0.433. The Hall–Kier alpha value is -1.62. The highest BCUT2D eigenvalue weighted by atomic mass is 35.5. The minimum Gasteiger partial charge on any atom is -0.444 e. The molecule has 1 heterocycles. The number of benzene rings is 1. The van der Waals surface area contributed by atoms with E-state index in [-0.39, 0.29) is 12.1 Å². The predicted octanol–water partition coefficient (Wildman–Crippen LogP) is 4.05. The third-order valence-corrected chi connectivity index (χ3v) is 4.56. The van der Waals surface area contributed by atoms with Gasteiger partial charge in [-0.1, -0.05) is 11.6 Å². The summed E-state index contributed by atoms with van der Waals surface area (Å²) in [5.41, 5.74) is 7.34. The summed E-state index contributed by atoms with van der Waals surface area (Å²) in [7, 11) is 0. The lowest BCUT2D eigenvalue weighted by atomic mass is 9.90. The molecular weight excluding hydrogens is 326 g/mol. The van der Waals surface area contributed by atoms with Crippen molar-refractivity contribution in [1.82, 2.24) is 5.32 Å². The number of carbonyl (C=O) groups excluding carboxylic acids is 1. The summed E-state index contributed by atoms with van der Waals surface area (Å²) in [6.45, 7) is 9.47. The van der Waals surface area contributed by atoms with Gasteiger partial charge in [0.1, 0.15) is 5.60 Å². The molecule has 1 fully saturated rings. The van der Waals surface area contributed by atoms with Gasteiger partial charge in [-0.25, -0.2) is 4.79 Å². The van der Waals surface area contributed by atoms with E-state index < -0.39 is 5.60 Å². The van der Waals surface area contributed by atoms with Crippen molar-refractivity contribution in [1.29, 1.82) is 0 Å². The van der Waals surface area contributed by atoms with Gasteiger partial charge in [0.15, 0.2) is 0 Å². The van der Waals surface area contributed by atoms with E-state index in [1.54, 1.807) is 6.07 Å². The van der Waals surface area contributed by atoms with Crippen LogP contribution in [-0.4, -0.2) is 30.8 Å². The number of amides is 1. The van der Waals surface area contributed by atoms with Crippen LogP contribution in [0.5, 0.6) is 0 Å². The fourth-order valence-electron chi connectivity index (χ4n) is 3.07. The number of nitrogens with two attached hydrogens (primary N) is 1. The third kappa shape index (κ3) is 5.20. The molecule has 2 rings (SSSR count). The topological polar surface area (TPSA) is 67.6 Å². The lowest BCUT2D eigenvalue weighted by Crippen LogP contribution is -2.45. The maximum Gasteiger partial charge on any atom is 0.407 e. The largest absolute Gasteiger partial charge is 0.444 e. The number of rotatable bonds is 3. The Labute approximate surface area is 149 Å². The first-order valence-corrected chi connectivity index (χ1v) is 8.83. The van der Waals surface area contributed by atoms with Gasteiger partial charge in [0.05, 0.1) is 11.4 Å². The number of halogens is 1. The fourth-order valence-corrected chi connectivity index (χ4v) is 3.25. The number of hydrogen-bond donors (Lipinski definition) is 2. The van der Waals surface area contributed by atoms with Crippen LogP contribution in [0.2, 0.25) is 5.02 Å². The summed E-state index contributed by atoms with van der Waals surface area (Å²) in [6, 6.07) is 5.71. The summed E-state index contributed by atoms with van der Waals surface area (Å²) >= 11 is 5.96. The number of nitrogens with zero attached hydrogens (tertiary/aromatic N) is 1. The van der Waals surface area contributed by atoms with Crippen LogP contribution in [0, 0.1) is 5.92 Å². The van der Waals surface area contributed by atoms with Crippen LogP contribution >= 0.6 is 11.6 Å². The van der Waals surface area contributed by atoms with Crippen molar-refractivity contribution in [3.8, 4) is 0 Å². The molecule has 1 aliphatic rings. The predicted molar refractivity (Wildman–Crippen MR) is 99.6 cm³/mol. The highest BCUT2D eigenvalue weighted by molar-refractivity contribution is 6.31. The average molecular weight is 354 g/mol. The monoisotopic (exact) mass is 353 g/mol. The molecule has 0 aromatic heterocycles. The van der Waals surface area contributed by atoms with Crippen molar-refractivity contribution >= 4 is 29.1 Å². The molecule has 0 spiro atoms. The van der Waals surface area contributed by atoms with Crippen LogP contribution in [0.3, 0.4) is 0 Å². The molecule has 134 valence electrons. The summed E-state index contributed by atoms with van der Waals surface area (Å²) < 4.78 is 5.33. The van der Waals surface area contributed by atoms with Crippen molar-refractivity contribution in [2.45, 2.75) is 52.2 Å². The quantitative estimate of drug-likeness (QED) is 0.804. The molecular formula is C18H28ClN3O2. The minimum atomic E-state index is -0.473. The van der Waals surface area contributed by atoms with Crippen molar-refractivity contribution in [2.75, 3.05) is 23.7 Å². The minimum absolute atomic E-state index is 0.0876. The smallest absolute Gasteiger partial charge is 0.407 e. The molecule has 3 N–H and O–H groups in total. The van der Waals surface area contributed by atoms with E-state index in [2.05, 4.69) is 10.2 Å². The molecule has 0 radical (unpaired) electrons. The number of alkyl carbamates (subject to hydrolysis) is 1. The zero-order chi connectivity index (χ0) is 17.9. The zero-order valence-electron chi connectivity index (χ0n) is 14.9. The van der Waals surface area contributed by atoms with Gasteiger partial charge >= 0.3 is 6.09 Å². The first-order chi connectivity index (χ1) is 11.2. The van der Waals surface area contributed by atoms with Crippen LogP contribution in [0.1, 0.15) is 40.5 Å². The van der Waals surface area contributed by atoms with Crippen molar-refractivity contribution in [3.63, 3.8) is 0 Å². The fraction of sp³-hybridized carbons (Fsp3) is 0.611. The molecule has 0 aliphatic carbocycles. The molecule has 5 nitrogen and oxygen atoms in total. The first kappa shape index (κ1) is 18.7. The lowest BCUT2D eigenvalue weighted by molar-refractivity contribution is 0.0487. The van der Waals surface area contributed by atoms with Crippen LogP contribution in [0.25, 0.3) is 0 Å². The van der Waals surface area contributed by atoms with E-state index in [9.17, 15) is 4.79 Å². The van der Waals surface area contributed by atoms with E-state index in [1.807, 2.05) is 39.8 Å². The molecule has 0 bridgehead atoms. The van der Waals surface area contributed by atoms with Gasteiger partial charge in [0, 0.05) is 24.2 Å². The van der Waals surface area contributed by atoms with Gasteiger partial charge in [0.25, 0.3) is 0 Å². The van der Waals surface area contributed by atoms with Gasteiger partial charge < -0.3 is 20.7 Å². The molecule has 1 saturated heterocycles.